The van der Waals surface area contributed by atoms with Gasteiger partial charge in [0, 0.05) is 5.56 Å². The number of amides is 1. The molecular weight excluding hydrogens is 178 g/mol. The van der Waals surface area contributed by atoms with Crippen molar-refractivity contribution in [2.24, 2.45) is 0 Å². The lowest BCUT2D eigenvalue weighted by molar-refractivity contribution is -0.119. The molecule has 0 bridgehead atoms. The summed E-state index contributed by atoms with van der Waals surface area (Å²) in [5, 5.41) is 2.70. The van der Waals surface area contributed by atoms with Crippen LogP contribution in [0.25, 0.3) is 0 Å². The van der Waals surface area contributed by atoms with Gasteiger partial charge in [-0.05, 0) is 13.0 Å². The lowest BCUT2D eigenvalue weighted by Gasteiger charge is -2.09. The van der Waals surface area contributed by atoms with E-state index in [0.717, 1.165) is 5.56 Å². The van der Waals surface area contributed by atoms with Gasteiger partial charge in [-0.3, -0.25) is 4.79 Å². The third-order valence-corrected chi connectivity index (χ3v) is 1.78. The van der Waals surface area contributed by atoms with E-state index in [-0.39, 0.29) is 17.8 Å². The highest BCUT2D eigenvalue weighted by Gasteiger charge is 2.08. The van der Waals surface area contributed by atoms with E-state index in [0.29, 0.717) is 0 Å². The largest absolute Gasteiger partial charge is 0.472 e. The minimum atomic E-state index is -0.176. The summed E-state index contributed by atoms with van der Waals surface area (Å²) in [6.45, 7) is 1.87. The third-order valence-electron chi connectivity index (χ3n) is 1.54. The van der Waals surface area contributed by atoms with Gasteiger partial charge in [-0.15, -0.1) is 11.6 Å². The standard InChI is InChI=1S/C8H10ClNO2/c1-6(10-8(11)4-9)7-2-3-12-5-7/h2-3,5-6H,4H2,1H3,(H,10,11)/t6-/m0/s1. The van der Waals surface area contributed by atoms with Gasteiger partial charge in [0.05, 0.1) is 18.6 Å². The van der Waals surface area contributed by atoms with Crippen LogP contribution in [0.3, 0.4) is 0 Å². The Hall–Kier alpha value is -0.960. The summed E-state index contributed by atoms with van der Waals surface area (Å²) in [5.41, 5.74) is 0.938. The number of carbonyl (C=O) groups is 1. The maximum absolute atomic E-state index is 10.8. The Morgan fingerprint density at radius 3 is 3.08 bits per heavy atom. The first-order valence-electron chi connectivity index (χ1n) is 3.61. The summed E-state index contributed by atoms with van der Waals surface area (Å²) in [6.07, 6.45) is 3.16. The molecule has 1 rings (SSSR count). The summed E-state index contributed by atoms with van der Waals surface area (Å²) < 4.78 is 4.87. The molecule has 1 heterocycles. The van der Waals surface area contributed by atoms with Crippen molar-refractivity contribution in [2.75, 3.05) is 5.88 Å². The fourth-order valence-electron chi connectivity index (χ4n) is 0.885. The van der Waals surface area contributed by atoms with E-state index < -0.39 is 0 Å². The van der Waals surface area contributed by atoms with E-state index in [9.17, 15) is 4.79 Å². The Labute approximate surface area is 75.7 Å². The molecule has 1 atom stereocenters. The average molecular weight is 188 g/mol. The molecule has 0 aliphatic rings. The van der Waals surface area contributed by atoms with Gasteiger partial charge in [-0.25, -0.2) is 0 Å². The number of hydrogen-bond acceptors (Lipinski definition) is 2. The monoisotopic (exact) mass is 187 g/mol. The second-order valence-electron chi connectivity index (χ2n) is 2.48. The zero-order valence-corrected chi connectivity index (χ0v) is 7.47. The number of nitrogens with one attached hydrogen (secondary N) is 1. The van der Waals surface area contributed by atoms with Crippen molar-refractivity contribution in [1.82, 2.24) is 5.32 Å². The van der Waals surface area contributed by atoms with Crippen LogP contribution in [0.15, 0.2) is 23.0 Å². The fourth-order valence-corrected chi connectivity index (χ4v) is 0.962. The molecule has 0 saturated carbocycles. The van der Waals surface area contributed by atoms with Gasteiger partial charge in [0.1, 0.15) is 5.88 Å². The molecule has 0 fully saturated rings. The van der Waals surface area contributed by atoms with Crippen LogP contribution in [0.4, 0.5) is 0 Å². The Morgan fingerprint density at radius 1 is 1.83 bits per heavy atom. The first kappa shape index (κ1) is 9.13. The van der Waals surface area contributed by atoms with E-state index in [1.807, 2.05) is 6.92 Å². The molecule has 4 heteroatoms. The van der Waals surface area contributed by atoms with E-state index in [2.05, 4.69) is 5.32 Å². The van der Waals surface area contributed by atoms with E-state index >= 15 is 0 Å². The maximum Gasteiger partial charge on any atom is 0.235 e. The van der Waals surface area contributed by atoms with Crippen molar-refractivity contribution < 1.29 is 9.21 Å². The maximum atomic E-state index is 10.8. The molecule has 0 aliphatic carbocycles. The second-order valence-corrected chi connectivity index (χ2v) is 2.75. The first-order valence-corrected chi connectivity index (χ1v) is 4.15. The van der Waals surface area contributed by atoms with Crippen molar-refractivity contribution in [1.29, 1.82) is 0 Å². The van der Waals surface area contributed by atoms with Crippen molar-refractivity contribution >= 4 is 17.5 Å². The fraction of sp³-hybridized carbons (Fsp3) is 0.375. The Bertz CT molecular complexity index is 246. The van der Waals surface area contributed by atoms with Crippen LogP contribution in [0, 0.1) is 0 Å². The molecule has 0 aromatic carbocycles. The molecule has 1 N–H and O–H groups in total. The van der Waals surface area contributed by atoms with E-state index in [4.69, 9.17) is 16.0 Å². The molecule has 0 saturated heterocycles. The SMILES string of the molecule is C[C@H](NC(=O)CCl)c1ccoc1. The summed E-state index contributed by atoms with van der Waals surface area (Å²) in [4.78, 5) is 10.8. The smallest absolute Gasteiger partial charge is 0.235 e. The number of halogens is 1. The summed E-state index contributed by atoms with van der Waals surface area (Å²) >= 11 is 5.32. The van der Waals surface area contributed by atoms with Crippen molar-refractivity contribution in [3.05, 3.63) is 24.2 Å². The minimum absolute atomic E-state index is 0.0117. The quantitative estimate of drug-likeness (QED) is 0.732. The highest BCUT2D eigenvalue weighted by Crippen LogP contribution is 2.11. The molecule has 1 amide bonds. The highest BCUT2D eigenvalue weighted by atomic mass is 35.5. The number of hydrogen-bond donors (Lipinski definition) is 1. The predicted molar refractivity (Wildman–Crippen MR) is 46.0 cm³/mol. The molecule has 0 unspecified atom stereocenters. The second kappa shape index (κ2) is 4.16. The van der Waals surface area contributed by atoms with Crippen LogP contribution < -0.4 is 5.32 Å². The Balaban J connectivity index is 2.49. The topological polar surface area (TPSA) is 42.2 Å². The van der Waals surface area contributed by atoms with Crippen molar-refractivity contribution in [3.63, 3.8) is 0 Å². The van der Waals surface area contributed by atoms with Crippen molar-refractivity contribution in [2.45, 2.75) is 13.0 Å². The highest BCUT2D eigenvalue weighted by molar-refractivity contribution is 6.27. The zero-order chi connectivity index (χ0) is 8.97. The number of carbonyl (C=O) groups excluding carboxylic acids is 1. The normalized spacial score (nSPS) is 12.5. The van der Waals surface area contributed by atoms with E-state index in [1.54, 1.807) is 18.6 Å². The van der Waals surface area contributed by atoms with Crippen molar-refractivity contribution in [3.8, 4) is 0 Å². The first-order chi connectivity index (χ1) is 5.74. The molecule has 66 valence electrons. The molecule has 3 nitrogen and oxygen atoms in total. The van der Waals surface area contributed by atoms with Crippen LogP contribution in [-0.2, 0) is 4.79 Å². The molecule has 12 heavy (non-hydrogen) atoms. The van der Waals surface area contributed by atoms with Crippen LogP contribution in [-0.4, -0.2) is 11.8 Å². The van der Waals surface area contributed by atoms with Gasteiger partial charge in [-0.2, -0.15) is 0 Å². The minimum Gasteiger partial charge on any atom is -0.472 e. The van der Waals surface area contributed by atoms with Crippen LogP contribution >= 0.6 is 11.6 Å². The Kier molecular flexibility index (Phi) is 3.17. The number of alkyl halides is 1. The van der Waals surface area contributed by atoms with Gasteiger partial charge in [-0.1, -0.05) is 0 Å². The summed E-state index contributed by atoms with van der Waals surface area (Å²) in [5.74, 6) is -0.187. The average Bonchev–Trinajstić information content (AvgIpc) is 2.56. The molecule has 1 aromatic rings. The van der Waals surface area contributed by atoms with Gasteiger partial charge in [0.2, 0.25) is 5.91 Å². The van der Waals surface area contributed by atoms with Crippen LogP contribution in [0.2, 0.25) is 0 Å². The third kappa shape index (κ3) is 2.27. The molecule has 0 aliphatic heterocycles. The molecule has 0 spiro atoms. The molecule has 0 radical (unpaired) electrons. The number of furan rings is 1. The number of rotatable bonds is 3. The lowest BCUT2D eigenvalue weighted by Crippen LogP contribution is -2.27. The summed E-state index contributed by atoms with van der Waals surface area (Å²) in [7, 11) is 0. The van der Waals surface area contributed by atoms with Crippen LogP contribution in [0.5, 0.6) is 0 Å². The Morgan fingerprint density at radius 2 is 2.58 bits per heavy atom. The summed E-state index contributed by atoms with van der Waals surface area (Å²) in [6, 6.07) is 1.76. The van der Waals surface area contributed by atoms with Gasteiger partial charge < -0.3 is 9.73 Å². The molecular formula is C8H10ClNO2. The lowest BCUT2D eigenvalue weighted by atomic mass is 10.2. The van der Waals surface area contributed by atoms with E-state index in [1.165, 1.54) is 0 Å². The van der Waals surface area contributed by atoms with Gasteiger partial charge in [0.15, 0.2) is 0 Å². The predicted octanol–water partition coefficient (Wildman–Crippen LogP) is 1.70. The molecule has 1 aromatic heterocycles. The van der Waals surface area contributed by atoms with Gasteiger partial charge in [0.25, 0.3) is 0 Å². The van der Waals surface area contributed by atoms with Gasteiger partial charge >= 0.3 is 0 Å². The zero-order valence-electron chi connectivity index (χ0n) is 6.71. The van der Waals surface area contributed by atoms with Crippen LogP contribution in [0.1, 0.15) is 18.5 Å².